The summed E-state index contributed by atoms with van der Waals surface area (Å²) in [4.78, 5) is 18.4. The number of rotatable bonds is 4. The summed E-state index contributed by atoms with van der Waals surface area (Å²) in [6.45, 7) is 7.70. The van der Waals surface area contributed by atoms with Crippen LogP contribution < -0.4 is 10.5 Å². The van der Waals surface area contributed by atoms with Gasteiger partial charge in [0.05, 0.1) is 34.5 Å². The fourth-order valence-electron chi connectivity index (χ4n) is 5.29. The van der Waals surface area contributed by atoms with E-state index in [1.807, 2.05) is 13.8 Å². The molecule has 4 N–H and O–H groups in total. The van der Waals surface area contributed by atoms with E-state index in [1.54, 1.807) is 30.9 Å². The van der Waals surface area contributed by atoms with E-state index in [0.29, 0.717) is 44.4 Å². The Kier molecular flexibility index (Phi) is 6.36. The van der Waals surface area contributed by atoms with Crippen LogP contribution in [0, 0.1) is 13.8 Å². The molecule has 1 aliphatic rings. The van der Waals surface area contributed by atoms with Crippen molar-refractivity contribution < 1.29 is 37.1 Å². The lowest BCUT2D eigenvalue weighted by molar-refractivity contribution is -0.274. The van der Waals surface area contributed by atoms with Crippen LogP contribution in [0.3, 0.4) is 0 Å². The molecule has 0 aliphatic carbocycles. The van der Waals surface area contributed by atoms with Gasteiger partial charge in [-0.25, -0.2) is 0 Å². The average Bonchev–Trinajstić information content (AvgIpc) is 3.34. The topological polar surface area (TPSA) is 127 Å². The molecule has 0 spiro atoms. The number of ether oxygens (including phenoxy) is 2. The minimum absolute atomic E-state index is 0.0164. The van der Waals surface area contributed by atoms with E-state index in [1.165, 1.54) is 6.07 Å². The second-order valence-corrected chi connectivity index (χ2v) is 9.67. The molecule has 1 saturated heterocycles. The molecule has 0 saturated carbocycles. The molecule has 0 radical (unpaired) electrons. The van der Waals surface area contributed by atoms with Gasteiger partial charge in [-0.3, -0.25) is 4.79 Å². The molecule has 1 aliphatic heterocycles. The predicted octanol–water partition coefficient (Wildman–Crippen LogP) is 4.69. The largest absolute Gasteiger partial charge is 0.573 e. The summed E-state index contributed by atoms with van der Waals surface area (Å²) in [7, 11) is 0. The first kappa shape index (κ1) is 26.0. The van der Waals surface area contributed by atoms with E-state index in [9.17, 15) is 23.1 Å². The van der Waals surface area contributed by atoms with Crippen LogP contribution in [0.25, 0.3) is 32.9 Å². The molecule has 38 heavy (non-hydrogen) atoms. The van der Waals surface area contributed by atoms with Crippen LogP contribution in [0.4, 0.5) is 13.2 Å². The Labute approximate surface area is 215 Å². The number of nitrogens with zero attached hydrogens (tertiary/aromatic N) is 2. The highest BCUT2D eigenvalue weighted by atomic mass is 19.4. The third kappa shape index (κ3) is 4.70. The van der Waals surface area contributed by atoms with Gasteiger partial charge in [0.25, 0.3) is 5.91 Å². The number of hydrogen-bond donors (Lipinski definition) is 3. The first-order chi connectivity index (χ1) is 17.8. The average molecular weight is 533 g/mol. The number of nitrogens with one attached hydrogen (secondary N) is 1. The van der Waals surface area contributed by atoms with Gasteiger partial charge in [-0.15, -0.1) is 13.2 Å². The number of benzene rings is 2. The first-order valence-electron chi connectivity index (χ1n) is 12.0. The second-order valence-electron chi connectivity index (χ2n) is 9.67. The zero-order valence-electron chi connectivity index (χ0n) is 21.1. The van der Waals surface area contributed by atoms with Crippen molar-refractivity contribution in [1.29, 1.82) is 0 Å². The summed E-state index contributed by atoms with van der Waals surface area (Å²) in [5.41, 5.74) is 8.71. The molecule has 2 aromatic heterocycles. The third-order valence-corrected chi connectivity index (χ3v) is 6.62. The molecule has 202 valence electrons. The van der Waals surface area contributed by atoms with E-state index in [-0.39, 0.29) is 36.4 Å². The van der Waals surface area contributed by atoms with Gasteiger partial charge in [-0.1, -0.05) is 5.16 Å². The Bertz CT molecular complexity index is 1510. The van der Waals surface area contributed by atoms with Crippen LogP contribution in [0.2, 0.25) is 0 Å². The summed E-state index contributed by atoms with van der Waals surface area (Å²) in [5, 5.41) is 15.3. The molecule has 3 heterocycles. The van der Waals surface area contributed by atoms with E-state index >= 15 is 0 Å². The van der Waals surface area contributed by atoms with Crippen molar-refractivity contribution in [3.63, 3.8) is 0 Å². The minimum atomic E-state index is -4.96. The summed E-state index contributed by atoms with van der Waals surface area (Å²) >= 11 is 0. The normalized spacial score (nSPS) is 19.3. The SMILES string of the molecule is Cc1noc(C)c1-c1cc(C(N)O)c2[nH]c3cc(OC(F)(F)F)cc(C(=O)N4C[C@@H](C)O[C@@H](C)C4)c3c2c1. The van der Waals surface area contributed by atoms with Crippen molar-refractivity contribution in [1.82, 2.24) is 15.0 Å². The molecule has 1 unspecified atom stereocenters. The maximum absolute atomic E-state index is 13.8. The van der Waals surface area contributed by atoms with Crippen molar-refractivity contribution in [3.05, 3.63) is 46.8 Å². The van der Waals surface area contributed by atoms with Crippen LogP contribution in [-0.2, 0) is 4.74 Å². The van der Waals surface area contributed by atoms with Gasteiger partial charge in [0, 0.05) is 41.1 Å². The standard InChI is InChI=1S/C26H27F3N4O5/c1-11-9-33(10-12(2)36-11)25(35)18-7-16(37-26(27,28)29)8-20-22(18)17-5-15(21-13(3)32-38-14(21)4)6-19(24(30)34)23(17)31-20/h5-8,11-12,24,31,34H,9-10,30H2,1-4H3/t11-,12+,24?. The highest BCUT2D eigenvalue weighted by Crippen LogP contribution is 2.40. The third-order valence-electron chi connectivity index (χ3n) is 6.62. The number of carbonyl (C=O) groups excluding carboxylic acids is 1. The van der Waals surface area contributed by atoms with Gasteiger partial charge in [-0.2, -0.15) is 0 Å². The number of alkyl halides is 3. The van der Waals surface area contributed by atoms with Crippen molar-refractivity contribution in [2.24, 2.45) is 5.73 Å². The van der Waals surface area contributed by atoms with Gasteiger partial charge < -0.3 is 34.7 Å². The summed E-state index contributed by atoms with van der Waals surface area (Å²) < 4.78 is 54.8. The van der Waals surface area contributed by atoms with Gasteiger partial charge in [-0.05, 0) is 51.5 Å². The Morgan fingerprint density at radius 1 is 1.21 bits per heavy atom. The lowest BCUT2D eigenvalue weighted by Crippen LogP contribution is -2.48. The van der Waals surface area contributed by atoms with Gasteiger partial charge >= 0.3 is 6.36 Å². The molecule has 1 amide bonds. The molecule has 12 heteroatoms. The number of aliphatic hydroxyl groups is 1. The number of aromatic amines is 1. The van der Waals surface area contributed by atoms with Crippen LogP contribution >= 0.6 is 0 Å². The Morgan fingerprint density at radius 2 is 1.89 bits per heavy atom. The molecule has 1 fully saturated rings. The number of amides is 1. The number of aliphatic hydroxyl groups excluding tert-OH is 1. The quantitative estimate of drug-likeness (QED) is 0.326. The van der Waals surface area contributed by atoms with Gasteiger partial charge in [0.2, 0.25) is 0 Å². The highest BCUT2D eigenvalue weighted by molar-refractivity contribution is 6.19. The lowest BCUT2D eigenvalue weighted by Gasteiger charge is -2.35. The van der Waals surface area contributed by atoms with Crippen molar-refractivity contribution >= 4 is 27.7 Å². The van der Waals surface area contributed by atoms with E-state index in [0.717, 1.165) is 6.07 Å². The fourth-order valence-corrected chi connectivity index (χ4v) is 5.29. The summed E-state index contributed by atoms with van der Waals surface area (Å²) in [6, 6.07) is 5.71. The Morgan fingerprint density at radius 3 is 2.47 bits per heavy atom. The number of carbonyl (C=O) groups is 1. The van der Waals surface area contributed by atoms with Crippen LogP contribution in [0.1, 0.15) is 47.5 Å². The number of fused-ring (bicyclic) bond motifs is 3. The molecular weight excluding hydrogens is 505 g/mol. The fraction of sp³-hybridized carbons (Fsp3) is 0.385. The minimum Gasteiger partial charge on any atom is -0.406 e. The maximum atomic E-state index is 13.8. The number of H-pyrrole nitrogens is 1. The highest BCUT2D eigenvalue weighted by Gasteiger charge is 2.34. The second kappa shape index (κ2) is 9.29. The van der Waals surface area contributed by atoms with Crippen LogP contribution in [0.5, 0.6) is 5.75 Å². The summed E-state index contributed by atoms with van der Waals surface area (Å²) in [6.07, 6.45) is -6.88. The van der Waals surface area contributed by atoms with Gasteiger partial charge in [0.15, 0.2) is 0 Å². The van der Waals surface area contributed by atoms with Crippen LogP contribution in [0.15, 0.2) is 28.8 Å². The van der Waals surface area contributed by atoms with Gasteiger partial charge in [0.1, 0.15) is 17.7 Å². The number of aromatic nitrogens is 2. The molecule has 0 bridgehead atoms. The number of morpholine rings is 1. The predicted molar refractivity (Wildman–Crippen MR) is 133 cm³/mol. The molecule has 5 rings (SSSR count). The molecule has 2 aromatic carbocycles. The van der Waals surface area contributed by atoms with Crippen molar-refractivity contribution in [2.75, 3.05) is 13.1 Å². The van der Waals surface area contributed by atoms with Crippen molar-refractivity contribution in [3.8, 4) is 16.9 Å². The Balaban J connectivity index is 1.80. The molecule has 4 aromatic rings. The van der Waals surface area contributed by atoms with E-state index < -0.39 is 24.2 Å². The number of halogens is 3. The smallest absolute Gasteiger partial charge is 0.406 e. The first-order valence-corrected chi connectivity index (χ1v) is 12.0. The van der Waals surface area contributed by atoms with E-state index in [4.69, 9.17) is 15.0 Å². The maximum Gasteiger partial charge on any atom is 0.573 e. The number of hydrogen-bond acceptors (Lipinski definition) is 7. The zero-order chi connectivity index (χ0) is 27.5. The zero-order valence-corrected chi connectivity index (χ0v) is 21.1. The molecule has 9 nitrogen and oxygen atoms in total. The Hall–Kier alpha value is -3.61. The van der Waals surface area contributed by atoms with E-state index in [2.05, 4.69) is 14.9 Å². The molecule has 3 atom stereocenters. The number of nitrogens with two attached hydrogens (primary N) is 1. The molecular formula is C26H27F3N4O5. The lowest BCUT2D eigenvalue weighted by atomic mass is 9.96. The number of aryl methyl sites for hydroxylation is 2. The summed E-state index contributed by atoms with van der Waals surface area (Å²) in [5.74, 6) is -0.481. The monoisotopic (exact) mass is 532 g/mol. The van der Waals surface area contributed by atoms with Crippen molar-refractivity contribution in [2.45, 2.75) is 52.5 Å². The van der Waals surface area contributed by atoms with Crippen LogP contribution in [-0.4, -0.2) is 57.7 Å².